The summed E-state index contributed by atoms with van der Waals surface area (Å²) < 4.78 is 38.6. The van der Waals surface area contributed by atoms with Crippen molar-refractivity contribution in [3.05, 3.63) is 59.7 Å². The van der Waals surface area contributed by atoms with Gasteiger partial charge in [0.1, 0.15) is 0 Å². The molecule has 2 aromatic carbocycles. The smallest absolute Gasteiger partial charge is 0.361 e. The average molecular weight is 322 g/mol. The summed E-state index contributed by atoms with van der Waals surface area (Å²) in [5.74, 6) is 0. The number of nitrogens with zero attached hydrogens (tertiary/aromatic N) is 1. The molecule has 0 fully saturated rings. The molecule has 0 atom stereocenters. The Morgan fingerprint density at radius 2 is 1.82 bits per heavy atom. The number of halogens is 3. The molecular formula is C16H13F3N2S. The maximum absolute atomic E-state index is 12.7. The van der Waals surface area contributed by atoms with Gasteiger partial charge in [0.15, 0.2) is 5.13 Å². The Hall–Kier alpha value is -2.08. The Morgan fingerprint density at radius 1 is 1.05 bits per heavy atom. The molecule has 3 aromatic rings. The first-order valence-corrected chi connectivity index (χ1v) is 7.59. The van der Waals surface area contributed by atoms with Gasteiger partial charge in [0.25, 0.3) is 0 Å². The number of anilines is 1. The zero-order valence-corrected chi connectivity index (χ0v) is 12.3. The van der Waals surface area contributed by atoms with E-state index in [2.05, 4.69) is 10.3 Å². The van der Waals surface area contributed by atoms with Crippen molar-refractivity contribution in [1.82, 2.24) is 4.98 Å². The average Bonchev–Trinajstić information content (AvgIpc) is 2.89. The van der Waals surface area contributed by atoms with E-state index in [9.17, 15) is 13.2 Å². The number of rotatable bonds is 4. The molecule has 0 aliphatic heterocycles. The second-order valence-corrected chi connectivity index (χ2v) is 5.89. The largest absolute Gasteiger partial charge is 0.416 e. The molecule has 0 spiro atoms. The zero-order valence-electron chi connectivity index (χ0n) is 11.5. The van der Waals surface area contributed by atoms with Crippen LogP contribution in [0.25, 0.3) is 10.2 Å². The minimum absolute atomic E-state index is 0.539. The highest BCUT2D eigenvalue weighted by molar-refractivity contribution is 7.22. The number of aromatic nitrogens is 1. The molecule has 0 amide bonds. The Morgan fingerprint density at radius 3 is 2.55 bits per heavy atom. The van der Waals surface area contributed by atoms with Gasteiger partial charge in [-0.15, -0.1) is 0 Å². The van der Waals surface area contributed by atoms with Crippen molar-refractivity contribution < 1.29 is 13.2 Å². The molecule has 2 nitrogen and oxygen atoms in total. The van der Waals surface area contributed by atoms with E-state index < -0.39 is 11.7 Å². The number of thiazole rings is 1. The van der Waals surface area contributed by atoms with Gasteiger partial charge in [-0.25, -0.2) is 4.98 Å². The summed E-state index contributed by atoms with van der Waals surface area (Å²) in [6, 6.07) is 13.6. The third-order valence-corrected chi connectivity index (χ3v) is 4.22. The Bertz CT molecular complexity index is 766. The van der Waals surface area contributed by atoms with Crippen LogP contribution in [0.4, 0.5) is 18.3 Å². The van der Waals surface area contributed by atoms with Gasteiger partial charge in [-0.1, -0.05) is 41.7 Å². The summed E-state index contributed by atoms with van der Waals surface area (Å²) in [7, 11) is 0. The number of benzene rings is 2. The molecule has 3 rings (SSSR count). The monoisotopic (exact) mass is 322 g/mol. The van der Waals surface area contributed by atoms with Crippen LogP contribution in [0.3, 0.4) is 0 Å². The predicted molar refractivity (Wildman–Crippen MR) is 83.3 cm³/mol. The lowest BCUT2D eigenvalue weighted by atomic mass is 10.1. The fourth-order valence-electron chi connectivity index (χ4n) is 2.14. The van der Waals surface area contributed by atoms with E-state index in [-0.39, 0.29) is 0 Å². The molecule has 0 aliphatic rings. The first-order valence-electron chi connectivity index (χ1n) is 6.78. The maximum Gasteiger partial charge on any atom is 0.416 e. The van der Waals surface area contributed by atoms with E-state index in [4.69, 9.17) is 0 Å². The lowest BCUT2D eigenvalue weighted by Crippen LogP contribution is -2.04. The summed E-state index contributed by atoms with van der Waals surface area (Å²) in [4.78, 5) is 4.31. The minimum atomic E-state index is -4.32. The summed E-state index contributed by atoms with van der Waals surface area (Å²) in [5.41, 5.74) is 1.15. The van der Waals surface area contributed by atoms with Crippen LogP contribution in [-0.4, -0.2) is 11.5 Å². The third kappa shape index (κ3) is 3.39. The van der Waals surface area contributed by atoms with Crippen molar-refractivity contribution in [2.24, 2.45) is 0 Å². The molecule has 22 heavy (non-hydrogen) atoms. The summed E-state index contributed by atoms with van der Waals surface area (Å²) in [6.45, 7) is 0.690. The lowest BCUT2D eigenvalue weighted by Gasteiger charge is -2.04. The van der Waals surface area contributed by atoms with Crippen LogP contribution in [0, 0.1) is 0 Å². The summed E-state index contributed by atoms with van der Waals surface area (Å²) in [6.07, 6.45) is -3.48. The predicted octanol–water partition coefficient (Wildman–Crippen LogP) is 4.97. The molecule has 6 heteroatoms. The van der Waals surface area contributed by atoms with E-state index in [0.717, 1.165) is 18.6 Å². The fraction of sp³-hybridized carbons (Fsp3) is 0.188. The highest BCUT2D eigenvalue weighted by Crippen LogP contribution is 2.34. The van der Waals surface area contributed by atoms with Crippen LogP contribution in [0.5, 0.6) is 0 Å². The SMILES string of the molecule is FC(F)(F)c1ccc2nc(NCCc3ccccc3)sc2c1. The molecule has 0 bridgehead atoms. The van der Waals surface area contributed by atoms with Gasteiger partial charge < -0.3 is 5.32 Å². The van der Waals surface area contributed by atoms with Crippen LogP contribution < -0.4 is 5.32 Å². The summed E-state index contributed by atoms with van der Waals surface area (Å²) in [5, 5.41) is 3.81. The number of hydrogen-bond acceptors (Lipinski definition) is 3. The Kier molecular flexibility index (Phi) is 4.02. The van der Waals surface area contributed by atoms with Crippen LogP contribution in [0.2, 0.25) is 0 Å². The minimum Gasteiger partial charge on any atom is -0.361 e. The first kappa shape index (κ1) is 14.8. The van der Waals surface area contributed by atoms with Gasteiger partial charge in [-0.2, -0.15) is 13.2 Å². The van der Waals surface area contributed by atoms with Crippen molar-refractivity contribution in [2.75, 3.05) is 11.9 Å². The van der Waals surface area contributed by atoms with Gasteiger partial charge in [0.2, 0.25) is 0 Å². The summed E-state index contributed by atoms with van der Waals surface area (Å²) >= 11 is 1.24. The molecule has 1 heterocycles. The van der Waals surface area contributed by atoms with Gasteiger partial charge >= 0.3 is 6.18 Å². The van der Waals surface area contributed by atoms with Crippen molar-refractivity contribution in [3.8, 4) is 0 Å². The van der Waals surface area contributed by atoms with Crippen LogP contribution in [0.1, 0.15) is 11.1 Å². The maximum atomic E-state index is 12.7. The van der Waals surface area contributed by atoms with Crippen molar-refractivity contribution in [2.45, 2.75) is 12.6 Å². The third-order valence-electron chi connectivity index (χ3n) is 3.25. The van der Waals surface area contributed by atoms with Gasteiger partial charge in [0.05, 0.1) is 15.8 Å². The fourth-order valence-corrected chi connectivity index (χ4v) is 3.07. The van der Waals surface area contributed by atoms with Gasteiger partial charge in [0, 0.05) is 6.54 Å². The molecule has 0 saturated heterocycles. The van der Waals surface area contributed by atoms with E-state index in [1.807, 2.05) is 30.3 Å². The molecule has 0 saturated carbocycles. The van der Waals surface area contributed by atoms with Crippen LogP contribution in [-0.2, 0) is 12.6 Å². The van der Waals surface area contributed by atoms with E-state index in [1.165, 1.54) is 23.0 Å². The zero-order chi connectivity index (χ0) is 15.6. The number of fused-ring (bicyclic) bond motifs is 1. The Balaban J connectivity index is 1.70. The van der Waals surface area contributed by atoms with Crippen LogP contribution >= 0.6 is 11.3 Å². The number of hydrogen-bond donors (Lipinski definition) is 1. The second-order valence-electron chi connectivity index (χ2n) is 4.86. The van der Waals surface area contributed by atoms with Crippen molar-refractivity contribution in [1.29, 1.82) is 0 Å². The molecule has 1 N–H and O–H groups in total. The highest BCUT2D eigenvalue weighted by Gasteiger charge is 2.30. The Labute approximate surface area is 129 Å². The van der Waals surface area contributed by atoms with Crippen molar-refractivity contribution >= 4 is 26.7 Å². The quantitative estimate of drug-likeness (QED) is 0.733. The molecule has 0 unspecified atom stereocenters. The number of alkyl halides is 3. The van der Waals surface area contributed by atoms with E-state index >= 15 is 0 Å². The normalized spacial score (nSPS) is 11.8. The van der Waals surface area contributed by atoms with Gasteiger partial charge in [-0.3, -0.25) is 0 Å². The van der Waals surface area contributed by atoms with Crippen molar-refractivity contribution in [3.63, 3.8) is 0 Å². The second kappa shape index (κ2) is 5.96. The first-order chi connectivity index (χ1) is 10.5. The van der Waals surface area contributed by atoms with E-state index in [0.29, 0.717) is 21.9 Å². The topological polar surface area (TPSA) is 24.9 Å². The standard InChI is InChI=1S/C16H13F3N2S/c17-16(18,19)12-6-7-13-14(10-12)22-15(21-13)20-9-8-11-4-2-1-3-5-11/h1-7,10H,8-9H2,(H,20,21). The molecule has 114 valence electrons. The highest BCUT2D eigenvalue weighted by atomic mass is 32.1. The number of nitrogens with one attached hydrogen (secondary N) is 1. The van der Waals surface area contributed by atoms with Crippen LogP contribution in [0.15, 0.2) is 48.5 Å². The molecule has 1 aromatic heterocycles. The molecule has 0 aliphatic carbocycles. The van der Waals surface area contributed by atoms with Gasteiger partial charge in [-0.05, 0) is 30.2 Å². The molecule has 0 radical (unpaired) electrons. The van der Waals surface area contributed by atoms with E-state index in [1.54, 1.807) is 0 Å². The molecular weight excluding hydrogens is 309 g/mol. The lowest BCUT2D eigenvalue weighted by molar-refractivity contribution is -0.137.